The molecule has 1 fully saturated rings. The topological polar surface area (TPSA) is 83.0 Å². The molecule has 1 unspecified atom stereocenters. The molecular weight excluding hydrogens is 320 g/mol. The van der Waals surface area contributed by atoms with Gasteiger partial charge in [-0.15, -0.1) is 0 Å². The van der Waals surface area contributed by atoms with Gasteiger partial charge in [-0.2, -0.15) is 0 Å². The van der Waals surface area contributed by atoms with Gasteiger partial charge >= 0.3 is 6.03 Å². The van der Waals surface area contributed by atoms with Crippen LogP contribution in [0.15, 0.2) is 29.4 Å². The first-order valence-electron chi connectivity index (χ1n) is 8.67. The standard InChI is InChI=1S/C18H24N4O3/c1-13-9-16(25-21-13)11-20-18(24)19-10-14-4-6-15(7-5-14)12-22-8-2-3-17(22)23/h4-7,16H,2-3,8-12H2,1H3,(H2,19,20,24). The highest BCUT2D eigenvalue weighted by Crippen LogP contribution is 2.14. The maximum absolute atomic E-state index is 11.8. The predicted molar refractivity (Wildman–Crippen MR) is 93.9 cm³/mol. The van der Waals surface area contributed by atoms with Crippen LogP contribution >= 0.6 is 0 Å². The minimum Gasteiger partial charge on any atom is -0.390 e. The summed E-state index contributed by atoms with van der Waals surface area (Å²) in [4.78, 5) is 30.5. The molecule has 3 amide bonds. The van der Waals surface area contributed by atoms with Crippen molar-refractivity contribution in [2.75, 3.05) is 13.1 Å². The van der Waals surface area contributed by atoms with Crippen molar-refractivity contribution in [1.82, 2.24) is 15.5 Å². The van der Waals surface area contributed by atoms with Crippen LogP contribution in [0.4, 0.5) is 4.79 Å². The number of hydrogen-bond acceptors (Lipinski definition) is 4. The van der Waals surface area contributed by atoms with Crippen molar-refractivity contribution >= 4 is 17.6 Å². The van der Waals surface area contributed by atoms with E-state index in [1.54, 1.807) is 0 Å². The van der Waals surface area contributed by atoms with Crippen LogP contribution in [0.25, 0.3) is 0 Å². The van der Waals surface area contributed by atoms with E-state index in [0.717, 1.165) is 36.2 Å². The summed E-state index contributed by atoms with van der Waals surface area (Å²) in [5.41, 5.74) is 3.07. The lowest BCUT2D eigenvalue weighted by Gasteiger charge is -2.15. The van der Waals surface area contributed by atoms with Gasteiger partial charge in [-0.1, -0.05) is 29.4 Å². The average molecular weight is 344 g/mol. The van der Waals surface area contributed by atoms with Crippen molar-refractivity contribution in [1.29, 1.82) is 0 Å². The van der Waals surface area contributed by atoms with E-state index in [0.29, 0.717) is 26.1 Å². The fourth-order valence-corrected chi connectivity index (χ4v) is 2.98. The number of rotatable bonds is 6. The van der Waals surface area contributed by atoms with Crippen molar-refractivity contribution in [3.05, 3.63) is 35.4 Å². The Kier molecular flexibility index (Phi) is 5.53. The van der Waals surface area contributed by atoms with E-state index >= 15 is 0 Å². The maximum Gasteiger partial charge on any atom is 0.315 e. The minimum absolute atomic E-state index is 0.0710. The summed E-state index contributed by atoms with van der Waals surface area (Å²) >= 11 is 0. The van der Waals surface area contributed by atoms with Gasteiger partial charge in [0.1, 0.15) is 6.10 Å². The number of likely N-dealkylation sites (tertiary alicyclic amines) is 1. The third kappa shape index (κ3) is 4.95. The van der Waals surface area contributed by atoms with E-state index in [1.165, 1.54) is 0 Å². The Morgan fingerprint density at radius 2 is 2.04 bits per heavy atom. The molecule has 134 valence electrons. The molecule has 0 bridgehead atoms. The molecule has 3 rings (SSSR count). The molecule has 0 radical (unpaired) electrons. The number of amides is 3. The van der Waals surface area contributed by atoms with Crippen molar-refractivity contribution < 1.29 is 14.4 Å². The summed E-state index contributed by atoms with van der Waals surface area (Å²) < 4.78 is 0. The molecule has 2 N–H and O–H groups in total. The van der Waals surface area contributed by atoms with E-state index in [-0.39, 0.29) is 18.0 Å². The molecule has 7 heteroatoms. The van der Waals surface area contributed by atoms with E-state index in [4.69, 9.17) is 4.84 Å². The Balaban J connectivity index is 1.38. The SMILES string of the molecule is CC1=NOC(CNC(=O)NCc2ccc(CN3CCCC3=O)cc2)C1. The summed E-state index contributed by atoms with van der Waals surface area (Å²) in [7, 11) is 0. The second kappa shape index (κ2) is 8.00. The van der Waals surface area contributed by atoms with Crippen LogP contribution in [0.1, 0.15) is 37.3 Å². The number of urea groups is 1. The third-order valence-corrected chi connectivity index (χ3v) is 4.39. The van der Waals surface area contributed by atoms with E-state index in [9.17, 15) is 9.59 Å². The highest BCUT2D eigenvalue weighted by Gasteiger charge is 2.20. The Morgan fingerprint density at radius 3 is 2.68 bits per heavy atom. The molecule has 1 atom stereocenters. The van der Waals surface area contributed by atoms with Crippen LogP contribution in [0.3, 0.4) is 0 Å². The third-order valence-electron chi connectivity index (χ3n) is 4.39. The van der Waals surface area contributed by atoms with Crippen LogP contribution in [0.2, 0.25) is 0 Å². The van der Waals surface area contributed by atoms with Crippen LogP contribution < -0.4 is 10.6 Å². The van der Waals surface area contributed by atoms with Gasteiger partial charge in [-0.05, 0) is 24.5 Å². The first-order chi connectivity index (χ1) is 12.1. The zero-order chi connectivity index (χ0) is 17.6. The van der Waals surface area contributed by atoms with Gasteiger partial charge in [0.25, 0.3) is 0 Å². The monoisotopic (exact) mass is 344 g/mol. The van der Waals surface area contributed by atoms with Crippen LogP contribution in [0, 0.1) is 0 Å². The zero-order valence-corrected chi connectivity index (χ0v) is 14.5. The molecule has 25 heavy (non-hydrogen) atoms. The first kappa shape index (κ1) is 17.3. The van der Waals surface area contributed by atoms with Crippen molar-refractivity contribution in [3.8, 4) is 0 Å². The molecule has 1 aromatic carbocycles. The van der Waals surface area contributed by atoms with Gasteiger partial charge in [0.2, 0.25) is 5.91 Å². The number of benzene rings is 1. The molecule has 0 spiro atoms. The Morgan fingerprint density at radius 1 is 1.28 bits per heavy atom. The molecule has 1 aromatic rings. The smallest absolute Gasteiger partial charge is 0.315 e. The van der Waals surface area contributed by atoms with Gasteiger partial charge in [-0.3, -0.25) is 4.79 Å². The van der Waals surface area contributed by atoms with Gasteiger partial charge in [0, 0.05) is 32.5 Å². The van der Waals surface area contributed by atoms with E-state index in [1.807, 2.05) is 36.1 Å². The number of hydrogen-bond donors (Lipinski definition) is 2. The molecule has 0 aromatic heterocycles. The Bertz CT molecular complexity index is 657. The summed E-state index contributed by atoms with van der Waals surface area (Å²) in [5, 5.41) is 9.47. The summed E-state index contributed by atoms with van der Waals surface area (Å²) in [6, 6.07) is 7.75. The summed E-state index contributed by atoms with van der Waals surface area (Å²) in [5.74, 6) is 0.231. The lowest BCUT2D eigenvalue weighted by Crippen LogP contribution is -2.39. The fraction of sp³-hybridized carbons (Fsp3) is 0.500. The lowest BCUT2D eigenvalue weighted by atomic mass is 10.1. The van der Waals surface area contributed by atoms with Gasteiger partial charge in [-0.25, -0.2) is 4.79 Å². The lowest BCUT2D eigenvalue weighted by molar-refractivity contribution is -0.128. The van der Waals surface area contributed by atoms with Crippen LogP contribution in [-0.4, -0.2) is 41.7 Å². The Hall–Kier alpha value is -2.57. The predicted octanol–water partition coefficient (Wildman–Crippen LogP) is 1.77. The quantitative estimate of drug-likeness (QED) is 0.825. The molecule has 2 heterocycles. The number of carbonyl (C=O) groups is 2. The average Bonchev–Trinajstić information content (AvgIpc) is 3.21. The summed E-state index contributed by atoms with van der Waals surface area (Å²) in [6.07, 6.45) is 2.29. The van der Waals surface area contributed by atoms with Crippen molar-refractivity contribution in [3.63, 3.8) is 0 Å². The second-order valence-electron chi connectivity index (χ2n) is 6.56. The zero-order valence-electron chi connectivity index (χ0n) is 14.5. The highest BCUT2D eigenvalue weighted by molar-refractivity contribution is 5.83. The number of oxime groups is 1. The normalized spacial score (nSPS) is 19.6. The number of nitrogens with zero attached hydrogens (tertiary/aromatic N) is 2. The van der Waals surface area contributed by atoms with Crippen LogP contribution in [0.5, 0.6) is 0 Å². The van der Waals surface area contributed by atoms with Crippen molar-refractivity contribution in [2.24, 2.45) is 5.16 Å². The van der Waals surface area contributed by atoms with Crippen LogP contribution in [-0.2, 0) is 22.7 Å². The van der Waals surface area contributed by atoms with Gasteiger partial charge in [0.15, 0.2) is 0 Å². The van der Waals surface area contributed by atoms with E-state index < -0.39 is 0 Å². The summed E-state index contributed by atoms with van der Waals surface area (Å²) in [6.45, 7) is 4.31. The largest absolute Gasteiger partial charge is 0.390 e. The van der Waals surface area contributed by atoms with Gasteiger partial charge < -0.3 is 20.4 Å². The number of nitrogens with one attached hydrogen (secondary N) is 2. The fourth-order valence-electron chi connectivity index (χ4n) is 2.98. The van der Waals surface area contributed by atoms with Gasteiger partial charge in [0.05, 0.1) is 12.3 Å². The van der Waals surface area contributed by atoms with E-state index in [2.05, 4.69) is 15.8 Å². The Labute approximate surface area is 147 Å². The first-order valence-corrected chi connectivity index (χ1v) is 8.67. The second-order valence-corrected chi connectivity index (χ2v) is 6.56. The number of carbonyl (C=O) groups excluding carboxylic acids is 2. The molecule has 0 aliphatic carbocycles. The molecule has 7 nitrogen and oxygen atoms in total. The maximum atomic E-state index is 11.8. The molecular formula is C18H24N4O3. The van der Waals surface area contributed by atoms with Crippen molar-refractivity contribution in [2.45, 2.75) is 45.4 Å². The molecule has 0 saturated carbocycles. The molecule has 2 aliphatic heterocycles. The minimum atomic E-state index is -0.222. The molecule has 2 aliphatic rings. The highest BCUT2D eigenvalue weighted by atomic mass is 16.6. The molecule has 1 saturated heterocycles.